The SMILES string of the molecule is CN=C(NCCn1cccc1)NCc1nc(-c2ccccc2)cs1. The average Bonchev–Trinajstić information content (AvgIpc) is 3.30. The number of aromatic nitrogens is 2. The molecule has 0 aliphatic carbocycles. The molecular formula is C18H21N5S. The van der Waals surface area contributed by atoms with Crippen LogP contribution in [0.15, 0.2) is 65.2 Å². The van der Waals surface area contributed by atoms with Crippen LogP contribution in [0.1, 0.15) is 5.01 Å². The molecule has 0 aliphatic heterocycles. The van der Waals surface area contributed by atoms with E-state index in [4.69, 9.17) is 0 Å². The topological polar surface area (TPSA) is 54.2 Å². The van der Waals surface area contributed by atoms with E-state index in [-0.39, 0.29) is 0 Å². The standard InChI is InChI=1S/C18H21N5S/c1-19-18(20-9-12-23-10-5-6-11-23)21-13-17-22-16(14-24-17)15-7-3-2-4-8-15/h2-8,10-11,14H,9,12-13H2,1H3,(H2,19,20,21). The summed E-state index contributed by atoms with van der Waals surface area (Å²) in [6, 6.07) is 14.3. The van der Waals surface area contributed by atoms with Gasteiger partial charge in [-0.05, 0) is 12.1 Å². The monoisotopic (exact) mass is 339 g/mol. The van der Waals surface area contributed by atoms with Crippen LogP contribution in [-0.2, 0) is 13.1 Å². The van der Waals surface area contributed by atoms with Gasteiger partial charge in [0.2, 0.25) is 0 Å². The molecule has 24 heavy (non-hydrogen) atoms. The van der Waals surface area contributed by atoms with Gasteiger partial charge < -0.3 is 15.2 Å². The number of hydrogen-bond acceptors (Lipinski definition) is 3. The summed E-state index contributed by atoms with van der Waals surface area (Å²) in [5.74, 6) is 0.790. The molecule has 0 bridgehead atoms. The molecule has 0 aliphatic rings. The molecule has 1 aromatic carbocycles. The molecule has 0 atom stereocenters. The number of hydrogen-bond donors (Lipinski definition) is 2. The van der Waals surface area contributed by atoms with Gasteiger partial charge in [0, 0.05) is 43.5 Å². The Morgan fingerprint density at radius 2 is 1.92 bits per heavy atom. The number of thiazole rings is 1. The number of nitrogens with one attached hydrogen (secondary N) is 2. The highest BCUT2D eigenvalue weighted by atomic mass is 32.1. The first kappa shape index (κ1) is 16.3. The molecule has 0 saturated carbocycles. The van der Waals surface area contributed by atoms with Crippen molar-refractivity contribution in [2.45, 2.75) is 13.1 Å². The van der Waals surface area contributed by atoms with Crippen molar-refractivity contribution in [2.24, 2.45) is 4.99 Å². The lowest BCUT2D eigenvalue weighted by Crippen LogP contribution is -2.38. The van der Waals surface area contributed by atoms with Gasteiger partial charge in [-0.25, -0.2) is 4.98 Å². The molecule has 0 saturated heterocycles. The van der Waals surface area contributed by atoms with Gasteiger partial charge in [-0.15, -0.1) is 11.3 Å². The fraction of sp³-hybridized carbons (Fsp3) is 0.222. The summed E-state index contributed by atoms with van der Waals surface area (Å²) in [7, 11) is 1.78. The Balaban J connectivity index is 1.48. The van der Waals surface area contributed by atoms with Crippen molar-refractivity contribution in [1.82, 2.24) is 20.2 Å². The van der Waals surface area contributed by atoms with E-state index in [0.717, 1.165) is 35.3 Å². The number of guanidine groups is 1. The minimum absolute atomic E-state index is 0.667. The zero-order valence-corrected chi connectivity index (χ0v) is 14.5. The molecule has 5 nitrogen and oxygen atoms in total. The highest BCUT2D eigenvalue weighted by Gasteiger charge is 2.05. The van der Waals surface area contributed by atoms with Crippen LogP contribution in [0.3, 0.4) is 0 Å². The Morgan fingerprint density at radius 1 is 1.12 bits per heavy atom. The van der Waals surface area contributed by atoms with Crippen LogP contribution in [0.5, 0.6) is 0 Å². The Bertz CT molecular complexity index is 762. The Morgan fingerprint density at radius 3 is 2.67 bits per heavy atom. The van der Waals surface area contributed by atoms with Crippen molar-refractivity contribution in [2.75, 3.05) is 13.6 Å². The predicted molar refractivity (Wildman–Crippen MR) is 100 cm³/mol. The lowest BCUT2D eigenvalue weighted by Gasteiger charge is -2.11. The molecule has 0 radical (unpaired) electrons. The van der Waals surface area contributed by atoms with Gasteiger partial charge in [-0.1, -0.05) is 30.3 Å². The minimum Gasteiger partial charge on any atom is -0.355 e. The van der Waals surface area contributed by atoms with Crippen molar-refractivity contribution in [1.29, 1.82) is 0 Å². The van der Waals surface area contributed by atoms with Gasteiger partial charge in [-0.2, -0.15) is 0 Å². The first-order chi connectivity index (χ1) is 11.8. The van der Waals surface area contributed by atoms with Crippen LogP contribution in [0, 0.1) is 0 Å². The van der Waals surface area contributed by atoms with Crippen molar-refractivity contribution in [3.8, 4) is 11.3 Å². The van der Waals surface area contributed by atoms with E-state index in [0.29, 0.717) is 6.54 Å². The van der Waals surface area contributed by atoms with E-state index in [1.165, 1.54) is 0 Å². The summed E-state index contributed by atoms with van der Waals surface area (Å²) in [6.45, 7) is 2.39. The Kier molecular flexibility index (Phi) is 5.63. The fourth-order valence-electron chi connectivity index (χ4n) is 2.34. The van der Waals surface area contributed by atoms with Crippen LogP contribution in [0.4, 0.5) is 0 Å². The third-order valence-corrected chi connectivity index (χ3v) is 4.43. The first-order valence-corrected chi connectivity index (χ1v) is 8.78. The number of nitrogens with zero attached hydrogens (tertiary/aromatic N) is 3. The molecule has 0 fully saturated rings. The van der Waals surface area contributed by atoms with Crippen LogP contribution in [0.2, 0.25) is 0 Å². The summed E-state index contributed by atoms with van der Waals surface area (Å²) >= 11 is 1.66. The molecule has 3 rings (SSSR count). The second kappa shape index (κ2) is 8.31. The molecule has 6 heteroatoms. The third-order valence-electron chi connectivity index (χ3n) is 3.58. The second-order valence-corrected chi connectivity index (χ2v) is 6.21. The number of benzene rings is 1. The summed E-state index contributed by atoms with van der Waals surface area (Å²) in [5.41, 5.74) is 2.17. The summed E-state index contributed by atoms with van der Waals surface area (Å²) in [6.07, 6.45) is 4.11. The molecule has 0 amide bonds. The Labute approximate surface area is 146 Å². The molecule has 2 aromatic heterocycles. The molecule has 0 spiro atoms. The van der Waals surface area contributed by atoms with Gasteiger partial charge >= 0.3 is 0 Å². The lowest BCUT2D eigenvalue weighted by molar-refractivity contribution is 0.665. The maximum Gasteiger partial charge on any atom is 0.191 e. The van der Waals surface area contributed by atoms with E-state index < -0.39 is 0 Å². The van der Waals surface area contributed by atoms with Crippen molar-refractivity contribution in [3.63, 3.8) is 0 Å². The van der Waals surface area contributed by atoms with E-state index in [1.807, 2.05) is 30.3 Å². The van der Waals surface area contributed by atoms with Crippen LogP contribution in [-0.4, -0.2) is 29.1 Å². The molecule has 0 unspecified atom stereocenters. The highest BCUT2D eigenvalue weighted by Crippen LogP contribution is 2.21. The van der Waals surface area contributed by atoms with Crippen LogP contribution in [0.25, 0.3) is 11.3 Å². The maximum absolute atomic E-state index is 4.68. The lowest BCUT2D eigenvalue weighted by atomic mass is 10.2. The first-order valence-electron chi connectivity index (χ1n) is 7.90. The number of rotatable bonds is 6. The van der Waals surface area contributed by atoms with Crippen LogP contribution < -0.4 is 10.6 Å². The van der Waals surface area contributed by atoms with E-state index in [2.05, 4.69) is 55.1 Å². The molecular weight excluding hydrogens is 318 g/mol. The smallest absolute Gasteiger partial charge is 0.191 e. The Hall–Kier alpha value is -2.60. The van der Waals surface area contributed by atoms with Crippen molar-refractivity contribution in [3.05, 3.63) is 65.2 Å². The highest BCUT2D eigenvalue weighted by molar-refractivity contribution is 7.09. The van der Waals surface area contributed by atoms with Gasteiger partial charge in [0.15, 0.2) is 5.96 Å². The molecule has 2 heterocycles. The zero-order valence-electron chi connectivity index (χ0n) is 13.6. The zero-order chi connectivity index (χ0) is 16.6. The summed E-state index contributed by atoms with van der Waals surface area (Å²) in [4.78, 5) is 8.93. The largest absolute Gasteiger partial charge is 0.355 e. The fourth-order valence-corrected chi connectivity index (χ4v) is 3.08. The molecule has 3 aromatic rings. The third kappa shape index (κ3) is 4.45. The summed E-state index contributed by atoms with van der Waals surface area (Å²) < 4.78 is 2.13. The predicted octanol–water partition coefficient (Wildman–Crippen LogP) is 2.98. The second-order valence-electron chi connectivity index (χ2n) is 5.27. The van der Waals surface area contributed by atoms with Gasteiger partial charge in [0.05, 0.1) is 12.2 Å². The van der Waals surface area contributed by atoms with Crippen molar-refractivity contribution < 1.29 is 0 Å². The molecule has 124 valence electrons. The average molecular weight is 339 g/mol. The summed E-state index contributed by atoms with van der Waals surface area (Å²) in [5, 5.41) is 9.76. The normalized spacial score (nSPS) is 11.5. The maximum atomic E-state index is 4.68. The van der Waals surface area contributed by atoms with E-state index in [1.54, 1.807) is 18.4 Å². The van der Waals surface area contributed by atoms with Crippen LogP contribution >= 0.6 is 11.3 Å². The van der Waals surface area contributed by atoms with Gasteiger partial charge in [-0.3, -0.25) is 4.99 Å². The van der Waals surface area contributed by atoms with Gasteiger partial charge in [0.1, 0.15) is 5.01 Å². The quantitative estimate of drug-likeness (QED) is 0.536. The number of aliphatic imine (C=N–C) groups is 1. The van der Waals surface area contributed by atoms with Crippen molar-refractivity contribution >= 4 is 17.3 Å². The molecule has 2 N–H and O–H groups in total. The van der Waals surface area contributed by atoms with Gasteiger partial charge in [0.25, 0.3) is 0 Å². The minimum atomic E-state index is 0.667. The van der Waals surface area contributed by atoms with E-state index >= 15 is 0 Å². The van der Waals surface area contributed by atoms with E-state index in [9.17, 15) is 0 Å².